The van der Waals surface area contributed by atoms with Gasteiger partial charge >= 0.3 is 5.79 Å². The van der Waals surface area contributed by atoms with Gasteiger partial charge in [0.1, 0.15) is 5.82 Å². The average molecular weight is 373 g/mol. The van der Waals surface area contributed by atoms with Crippen molar-refractivity contribution in [2.45, 2.75) is 23.5 Å². The summed E-state index contributed by atoms with van der Waals surface area (Å²) in [7, 11) is 0. The summed E-state index contributed by atoms with van der Waals surface area (Å²) in [4.78, 5) is 35.7. The van der Waals surface area contributed by atoms with E-state index in [-0.39, 0.29) is 4.90 Å². The van der Waals surface area contributed by atoms with Gasteiger partial charge in [0.05, 0.1) is 11.1 Å². The van der Waals surface area contributed by atoms with Crippen LogP contribution in [0, 0.1) is 5.82 Å². The second-order valence-corrected chi connectivity index (χ2v) is 5.85. The number of hydrogen-bond donors (Lipinski definition) is 8. The van der Waals surface area contributed by atoms with Gasteiger partial charge in [-0.3, -0.25) is 24.6 Å². The number of amides is 3. The molecular formula is C13H12FN3O9. The Labute approximate surface area is 142 Å². The summed E-state index contributed by atoms with van der Waals surface area (Å²) in [6, 6.07) is -1.62. The van der Waals surface area contributed by atoms with Gasteiger partial charge < -0.3 is 36.4 Å². The number of anilines is 1. The monoisotopic (exact) mass is 373 g/mol. The van der Waals surface area contributed by atoms with Gasteiger partial charge in [-0.1, -0.05) is 0 Å². The Morgan fingerprint density at radius 2 is 1.65 bits per heavy atom. The number of nitrogens with one attached hydrogen (secondary N) is 1. The van der Waals surface area contributed by atoms with E-state index in [0.717, 1.165) is 0 Å². The number of imide groups is 1. The molecule has 26 heavy (non-hydrogen) atoms. The molecule has 0 aliphatic carbocycles. The summed E-state index contributed by atoms with van der Waals surface area (Å²) in [6.07, 6.45) is 0. The number of halogens is 1. The molecule has 1 fully saturated rings. The van der Waals surface area contributed by atoms with Crippen molar-refractivity contribution < 1.29 is 49.4 Å². The lowest BCUT2D eigenvalue weighted by atomic mass is 9.90. The van der Waals surface area contributed by atoms with Gasteiger partial charge in [0.15, 0.2) is 6.04 Å². The molecule has 12 nitrogen and oxygen atoms in total. The van der Waals surface area contributed by atoms with E-state index in [2.05, 4.69) is 0 Å². The van der Waals surface area contributed by atoms with E-state index in [9.17, 15) is 49.4 Å². The molecule has 13 heteroatoms. The molecule has 140 valence electrons. The Balaban J connectivity index is 2.21. The zero-order chi connectivity index (χ0) is 19.8. The van der Waals surface area contributed by atoms with E-state index in [1.54, 1.807) is 0 Å². The van der Waals surface area contributed by atoms with Crippen molar-refractivity contribution in [1.82, 2.24) is 10.2 Å². The number of rotatable bonds is 1. The van der Waals surface area contributed by atoms with Gasteiger partial charge in [0, 0.05) is 5.69 Å². The first kappa shape index (κ1) is 18.1. The fraction of sp³-hybridized carbons (Fsp3) is 0.308. The Kier molecular flexibility index (Phi) is 3.44. The largest absolute Gasteiger partial charge is 0.398 e. The van der Waals surface area contributed by atoms with Crippen LogP contribution >= 0.6 is 0 Å². The third-order valence-corrected chi connectivity index (χ3v) is 4.21. The summed E-state index contributed by atoms with van der Waals surface area (Å²) < 4.78 is 13.5. The van der Waals surface area contributed by atoms with Crippen LogP contribution in [0.5, 0.6) is 0 Å². The van der Waals surface area contributed by atoms with Crippen LogP contribution in [-0.2, 0) is 15.5 Å². The van der Waals surface area contributed by atoms with Gasteiger partial charge in [-0.2, -0.15) is 0 Å². The Bertz CT molecular complexity index is 867. The van der Waals surface area contributed by atoms with Gasteiger partial charge in [-0.15, -0.1) is 0 Å². The van der Waals surface area contributed by atoms with Crippen LogP contribution in [0.15, 0.2) is 12.1 Å². The minimum absolute atomic E-state index is 0.267. The average Bonchev–Trinajstić information content (AvgIpc) is 2.66. The first-order chi connectivity index (χ1) is 11.7. The molecule has 9 N–H and O–H groups in total. The van der Waals surface area contributed by atoms with Crippen molar-refractivity contribution in [2.75, 3.05) is 5.73 Å². The fourth-order valence-electron chi connectivity index (χ4n) is 2.97. The summed E-state index contributed by atoms with van der Waals surface area (Å²) in [5.41, 5.74) is 3.35. The fourth-order valence-corrected chi connectivity index (χ4v) is 2.97. The first-order valence-electron chi connectivity index (χ1n) is 6.87. The molecule has 1 aromatic carbocycles. The highest BCUT2D eigenvalue weighted by Crippen LogP contribution is 2.44. The van der Waals surface area contributed by atoms with E-state index in [4.69, 9.17) is 5.73 Å². The molecule has 0 aromatic heterocycles. The van der Waals surface area contributed by atoms with Crippen LogP contribution in [0.2, 0.25) is 0 Å². The molecule has 0 spiro atoms. The number of benzene rings is 1. The quantitative estimate of drug-likeness (QED) is 0.134. The van der Waals surface area contributed by atoms with E-state index in [1.807, 2.05) is 0 Å². The summed E-state index contributed by atoms with van der Waals surface area (Å²) >= 11 is 0. The van der Waals surface area contributed by atoms with Crippen LogP contribution < -0.4 is 11.1 Å². The molecular weight excluding hydrogens is 361 g/mol. The predicted octanol–water partition coefficient (Wildman–Crippen LogP) is -4.65. The van der Waals surface area contributed by atoms with Crippen molar-refractivity contribution in [1.29, 1.82) is 0 Å². The summed E-state index contributed by atoms with van der Waals surface area (Å²) in [5, 5.41) is 61.1. The van der Waals surface area contributed by atoms with Crippen LogP contribution in [-0.4, -0.2) is 70.9 Å². The highest BCUT2D eigenvalue weighted by molar-refractivity contribution is 6.09. The number of aliphatic hydroxyl groups is 6. The molecule has 1 atom stereocenters. The molecule has 0 bridgehead atoms. The maximum atomic E-state index is 13.5. The van der Waals surface area contributed by atoms with Crippen molar-refractivity contribution >= 4 is 23.4 Å². The third kappa shape index (κ3) is 2.00. The number of carbonyl (C=O) groups is 3. The predicted molar refractivity (Wildman–Crippen MR) is 74.4 cm³/mol. The highest BCUT2D eigenvalue weighted by Gasteiger charge is 2.70. The molecule has 3 rings (SSSR count). The Morgan fingerprint density at radius 3 is 2.23 bits per heavy atom. The van der Waals surface area contributed by atoms with Gasteiger partial charge in [0.2, 0.25) is 0 Å². The van der Waals surface area contributed by atoms with Crippen LogP contribution in [0.3, 0.4) is 0 Å². The zero-order valence-corrected chi connectivity index (χ0v) is 12.5. The van der Waals surface area contributed by atoms with Crippen molar-refractivity contribution in [3.63, 3.8) is 0 Å². The number of nitrogen functional groups attached to an aromatic ring is 1. The molecule has 1 saturated heterocycles. The summed E-state index contributed by atoms with van der Waals surface area (Å²) in [5.74, 6) is -17.7. The first-order valence-corrected chi connectivity index (χ1v) is 6.87. The van der Waals surface area contributed by atoms with Crippen molar-refractivity contribution in [3.8, 4) is 0 Å². The standard InChI is InChI=1S/C13H12FN3O9/c14-3-1-4-6(5(15)2-3)13(25,26)17(9(4)19)7-8(18)16-10(20)12(23,24)11(7,21)22/h1-2,7,21-26H,15H2,(H,16,18,20). The zero-order valence-electron chi connectivity index (χ0n) is 12.5. The second kappa shape index (κ2) is 4.94. The van der Waals surface area contributed by atoms with Crippen molar-refractivity contribution in [3.05, 3.63) is 29.1 Å². The molecule has 2 aliphatic heterocycles. The maximum Gasteiger partial charge on any atom is 0.303 e. The lowest BCUT2D eigenvalue weighted by Crippen LogP contribution is -2.80. The van der Waals surface area contributed by atoms with Crippen LogP contribution in [0.1, 0.15) is 15.9 Å². The number of nitrogens with two attached hydrogens (primary N) is 1. The van der Waals surface area contributed by atoms with E-state index in [1.165, 1.54) is 5.32 Å². The van der Waals surface area contributed by atoms with Gasteiger partial charge in [-0.25, -0.2) is 4.39 Å². The SMILES string of the molecule is Nc1cc(F)cc2c1C(O)(O)N(C1C(=O)NC(=O)C(O)(O)C1(O)O)C2=O. The molecule has 0 radical (unpaired) electrons. The summed E-state index contributed by atoms with van der Waals surface area (Å²) in [6.45, 7) is 0. The molecule has 1 aromatic rings. The molecule has 0 saturated carbocycles. The Hall–Kier alpha value is -2.68. The number of carbonyl (C=O) groups excluding carboxylic acids is 3. The van der Waals surface area contributed by atoms with Gasteiger partial charge in [0.25, 0.3) is 29.4 Å². The number of piperidine rings is 1. The third-order valence-electron chi connectivity index (χ3n) is 4.21. The molecule has 2 aliphatic rings. The highest BCUT2D eigenvalue weighted by atomic mass is 19.1. The molecule has 3 amide bonds. The maximum absolute atomic E-state index is 13.5. The lowest BCUT2D eigenvalue weighted by Gasteiger charge is -2.47. The Morgan fingerprint density at radius 1 is 1.08 bits per heavy atom. The number of hydrogen-bond acceptors (Lipinski definition) is 10. The van der Waals surface area contributed by atoms with Gasteiger partial charge in [-0.05, 0) is 12.1 Å². The lowest BCUT2D eigenvalue weighted by molar-refractivity contribution is -0.373. The topological polar surface area (TPSA) is 214 Å². The van der Waals surface area contributed by atoms with Crippen LogP contribution in [0.4, 0.5) is 10.1 Å². The number of nitrogens with zero attached hydrogens (tertiary/aromatic N) is 1. The minimum atomic E-state index is -4.06. The van der Waals surface area contributed by atoms with E-state index in [0.29, 0.717) is 12.1 Å². The number of fused-ring (bicyclic) bond motifs is 1. The van der Waals surface area contributed by atoms with E-state index < -0.39 is 63.9 Å². The molecule has 2 heterocycles. The second-order valence-electron chi connectivity index (χ2n) is 5.85. The van der Waals surface area contributed by atoms with Crippen LogP contribution in [0.25, 0.3) is 0 Å². The minimum Gasteiger partial charge on any atom is -0.398 e. The molecule has 1 unspecified atom stereocenters. The van der Waals surface area contributed by atoms with E-state index >= 15 is 0 Å². The normalized spacial score (nSPS) is 25.9. The van der Waals surface area contributed by atoms with Crippen molar-refractivity contribution in [2.24, 2.45) is 0 Å². The smallest absolute Gasteiger partial charge is 0.303 e.